The van der Waals surface area contributed by atoms with Gasteiger partial charge in [-0.2, -0.15) is 0 Å². The lowest BCUT2D eigenvalue weighted by Crippen LogP contribution is -1.94. The molecule has 0 amide bonds. The van der Waals surface area contributed by atoms with Crippen LogP contribution in [0.5, 0.6) is 0 Å². The molecule has 2 nitrogen and oxygen atoms in total. The van der Waals surface area contributed by atoms with E-state index >= 15 is 0 Å². The Balaban J connectivity index is 2.64. The van der Waals surface area contributed by atoms with Gasteiger partial charge >= 0.3 is 0 Å². The maximum atomic E-state index is 13.9. The predicted octanol–water partition coefficient (Wildman–Crippen LogP) is 3.66. The van der Waals surface area contributed by atoms with Crippen molar-refractivity contribution in [3.05, 3.63) is 46.1 Å². The second-order valence-electron chi connectivity index (χ2n) is 3.66. The van der Waals surface area contributed by atoms with Crippen molar-refractivity contribution in [3.63, 3.8) is 0 Å². The highest BCUT2D eigenvalue weighted by Crippen LogP contribution is 2.26. The van der Waals surface area contributed by atoms with Gasteiger partial charge in [-0.15, -0.1) is 0 Å². The van der Waals surface area contributed by atoms with Gasteiger partial charge in [-0.1, -0.05) is 6.07 Å². The van der Waals surface area contributed by atoms with Crippen molar-refractivity contribution in [3.8, 4) is 11.3 Å². The fraction of sp³-hybridized carbons (Fsp3) is 0.167. The molecule has 2 aromatic rings. The second-order valence-corrected chi connectivity index (χ2v) is 4.48. The molecule has 1 heterocycles. The Morgan fingerprint density at radius 3 is 2.50 bits per heavy atom. The minimum atomic E-state index is -0.247. The lowest BCUT2D eigenvalue weighted by Gasteiger charge is -2.08. The van der Waals surface area contributed by atoms with Gasteiger partial charge in [-0.05, 0) is 53.0 Å². The van der Waals surface area contributed by atoms with Gasteiger partial charge in [0.1, 0.15) is 16.7 Å². The summed E-state index contributed by atoms with van der Waals surface area (Å²) in [5.41, 5.74) is 2.92. The molecule has 0 radical (unpaired) electrons. The predicted molar refractivity (Wildman–Crippen MR) is 64.6 cm³/mol. The summed E-state index contributed by atoms with van der Waals surface area (Å²) in [6, 6.07) is 5.16. The topological polar surface area (TPSA) is 25.8 Å². The minimum absolute atomic E-state index is 0.247. The maximum absolute atomic E-state index is 13.9. The molecule has 4 heteroatoms. The zero-order valence-electron chi connectivity index (χ0n) is 8.96. The van der Waals surface area contributed by atoms with E-state index < -0.39 is 0 Å². The van der Waals surface area contributed by atoms with Crippen molar-refractivity contribution in [1.82, 2.24) is 9.97 Å². The van der Waals surface area contributed by atoms with Gasteiger partial charge in [-0.3, -0.25) is 0 Å². The van der Waals surface area contributed by atoms with Crippen LogP contribution in [0.2, 0.25) is 0 Å². The zero-order chi connectivity index (χ0) is 11.7. The van der Waals surface area contributed by atoms with Crippen molar-refractivity contribution in [1.29, 1.82) is 0 Å². The van der Waals surface area contributed by atoms with Gasteiger partial charge in [-0.25, -0.2) is 14.4 Å². The van der Waals surface area contributed by atoms with Crippen molar-refractivity contribution in [2.45, 2.75) is 13.8 Å². The Morgan fingerprint density at radius 2 is 1.88 bits per heavy atom. The molecule has 2 rings (SSSR count). The van der Waals surface area contributed by atoms with Crippen LogP contribution in [0.3, 0.4) is 0 Å². The third kappa shape index (κ3) is 2.11. The van der Waals surface area contributed by atoms with E-state index in [4.69, 9.17) is 0 Å². The molecule has 0 bridgehead atoms. The highest BCUT2D eigenvalue weighted by atomic mass is 79.9. The van der Waals surface area contributed by atoms with Gasteiger partial charge in [0.25, 0.3) is 0 Å². The maximum Gasteiger partial charge on any atom is 0.133 e. The van der Waals surface area contributed by atoms with Crippen LogP contribution in [-0.2, 0) is 0 Å². The number of nitrogens with zero attached hydrogens (tertiary/aromatic N) is 2. The first kappa shape index (κ1) is 11.2. The molecule has 0 saturated heterocycles. The molecule has 0 atom stereocenters. The molecule has 0 unspecified atom stereocenters. The molecule has 82 valence electrons. The van der Waals surface area contributed by atoms with E-state index in [-0.39, 0.29) is 5.82 Å². The van der Waals surface area contributed by atoms with Crippen molar-refractivity contribution in [2.75, 3.05) is 0 Å². The molecule has 0 spiro atoms. The Hall–Kier alpha value is -1.29. The summed E-state index contributed by atoms with van der Waals surface area (Å²) in [4.78, 5) is 8.01. The summed E-state index contributed by atoms with van der Waals surface area (Å²) in [7, 11) is 0. The van der Waals surface area contributed by atoms with E-state index in [2.05, 4.69) is 25.9 Å². The van der Waals surface area contributed by atoms with Crippen LogP contribution in [-0.4, -0.2) is 9.97 Å². The number of aryl methyl sites for hydroxylation is 2. The molecule has 16 heavy (non-hydrogen) atoms. The smallest absolute Gasteiger partial charge is 0.133 e. The number of benzene rings is 1. The van der Waals surface area contributed by atoms with E-state index in [9.17, 15) is 4.39 Å². The van der Waals surface area contributed by atoms with Crippen LogP contribution in [0.1, 0.15) is 11.1 Å². The first-order valence-corrected chi connectivity index (χ1v) is 5.62. The largest absolute Gasteiger partial charge is 0.236 e. The fourth-order valence-electron chi connectivity index (χ4n) is 1.71. The number of halogens is 2. The molecule has 0 N–H and O–H groups in total. The molecule has 1 aromatic heterocycles. The van der Waals surface area contributed by atoms with Gasteiger partial charge in [0.05, 0.1) is 5.69 Å². The van der Waals surface area contributed by atoms with E-state index in [1.54, 1.807) is 6.07 Å². The lowest BCUT2D eigenvalue weighted by molar-refractivity contribution is 0.628. The quantitative estimate of drug-likeness (QED) is 0.745. The van der Waals surface area contributed by atoms with Crippen LogP contribution in [0, 0.1) is 19.7 Å². The summed E-state index contributed by atoms with van der Waals surface area (Å²) in [5.74, 6) is -0.247. The summed E-state index contributed by atoms with van der Waals surface area (Å²) in [5, 5.41) is 0. The molecule has 0 saturated carbocycles. The summed E-state index contributed by atoms with van der Waals surface area (Å²) in [6.45, 7) is 3.75. The van der Waals surface area contributed by atoms with E-state index in [0.717, 1.165) is 11.1 Å². The molecule has 0 aliphatic rings. The van der Waals surface area contributed by atoms with Crippen LogP contribution in [0.25, 0.3) is 11.3 Å². The SMILES string of the molecule is Cc1cc(C)c(-c2cc(Br)ncn2)c(F)c1. The summed E-state index contributed by atoms with van der Waals surface area (Å²) in [6.07, 6.45) is 1.41. The molecule has 1 aromatic carbocycles. The van der Waals surface area contributed by atoms with Gasteiger partial charge in [0.15, 0.2) is 0 Å². The number of rotatable bonds is 1. The Kier molecular flexibility index (Phi) is 3.01. The normalized spacial score (nSPS) is 10.5. The first-order chi connectivity index (χ1) is 7.58. The monoisotopic (exact) mass is 280 g/mol. The standard InChI is InChI=1S/C12H10BrFN2/c1-7-3-8(2)12(9(14)4-7)10-5-11(13)16-6-15-10/h3-6H,1-2H3. The van der Waals surface area contributed by atoms with Crippen LogP contribution in [0.15, 0.2) is 29.1 Å². The Morgan fingerprint density at radius 1 is 1.12 bits per heavy atom. The summed E-state index contributed by atoms with van der Waals surface area (Å²) >= 11 is 3.25. The number of hydrogen-bond donors (Lipinski definition) is 0. The average molecular weight is 281 g/mol. The Bertz CT molecular complexity index is 517. The number of aromatic nitrogens is 2. The van der Waals surface area contributed by atoms with Crippen molar-refractivity contribution in [2.24, 2.45) is 0 Å². The van der Waals surface area contributed by atoms with Crippen LogP contribution < -0.4 is 0 Å². The number of hydrogen-bond acceptors (Lipinski definition) is 2. The average Bonchev–Trinajstić information content (AvgIpc) is 2.15. The summed E-state index contributed by atoms with van der Waals surface area (Å²) < 4.78 is 14.5. The van der Waals surface area contributed by atoms with Crippen LogP contribution >= 0.6 is 15.9 Å². The van der Waals surface area contributed by atoms with E-state index in [1.807, 2.05) is 19.9 Å². The van der Waals surface area contributed by atoms with Crippen molar-refractivity contribution >= 4 is 15.9 Å². The zero-order valence-corrected chi connectivity index (χ0v) is 10.5. The van der Waals surface area contributed by atoms with Gasteiger partial charge < -0.3 is 0 Å². The minimum Gasteiger partial charge on any atom is -0.236 e. The molecule has 0 aliphatic carbocycles. The van der Waals surface area contributed by atoms with E-state index in [1.165, 1.54) is 12.4 Å². The second kappa shape index (κ2) is 4.29. The molecular weight excluding hydrogens is 271 g/mol. The van der Waals surface area contributed by atoms with Crippen LogP contribution in [0.4, 0.5) is 4.39 Å². The third-order valence-corrected chi connectivity index (χ3v) is 2.76. The highest BCUT2D eigenvalue weighted by molar-refractivity contribution is 9.10. The van der Waals surface area contributed by atoms with Gasteiger partial charge in [0.2, 0.25) is 0 Å². The third-order valence-electron chi connectivity index (χ3n) is 2.32. The Labute approximate surface area is 102 Å². The molecule has 0 fully saturated rings. The molecular formula is C12H10BrFN2. The first-order valence-electron chi connectivity index (χ1n) is 4.82. The lowest BCUT2D eigenvalue weighted by atomic mass is 10.0. The fourth-order valence-corrected chi connectivity index (χ4v) is 2.02. The van der Waals surface area contributed by atoms with E-state index in [0.29, 0.717) is 15.9 Å². The highest BCUT2D eigenvalue weighted by Gasteiger charge is 2.11. The van der Waals surface area contributed by atoms with Gasteiger partial charge in [0, 0.05) is 5.56 Å². The van der Waals surface area contributed by atoms with Crippen molar-refractivity contribution < 1.29 is 4.39 Å². The molecule has 0 aliphatic heterocycles.